The number of carboxylic acid groups (broad SMARTS) is 1. The molecule has 3 aromatic rings. The van der Waals surface area contributed by atoms with Crippen LogP contribution in [-0.2, 0) is 18.4 Å². The zero-order valence-corrected chi connectivity index (χ0v) is 17.9. The van der Waals surface area contributed by atoms with Gasteiger partial charge >= 0.3 is 5.97 Å². The summed E-state index contributed by atoms with van der Waals surface area (Å²) in [6.07, 6.45) is 4.98. The fourth-order valence-electron chi connectivity index (χ4n) is 4.73. The third kappa shape index (κ3) is 3.44. The third-order valence-corrected chi connectivity index (χ3v) is 7.11. The fourth-order valence-corrected chi connectivity index (χ4v) is 5.54. The van der Waals surface area contributed by atoms with Gasteiger partial charge in [0.1, 0.15) is 5.75 Å². The van der Waals surface area contributed by atoms with E-state index in [2.05, 4.69) is 22.0 Å². The number of halogens is 1. The van der Waals surface area contributed by atoms with E-state index in [0.717, 1.165) is 47.1 Å². The van der Waals surface area contributed by atoms with Gasteiger partial charge in [-0.2, -0.15) is 0 Å². The van der Waals surface area contributed by atoms with Crippen LogP contribution in [0.1, 0.15) is 39.2 Å². The van der Waals surface area contributed by atoms with Crippen LogP contribution < -0.4 is 9.64 Å². The molecule has 1 atom stereocenters. The highest BCUT2D eigenvalue weighted by Gasteiger charge is 2.41. The Morgan fingerprint density at radius 3 is 3.00 bits per heavy atom. The lowest BCUT2D eigenvalue weighted by atomic mass is 9.70. The highest BCUT2D eigenvalue weighted by atomic mass is 35.5. The summed E-state index contributed by atoms with van der Waals surface area (Å²) in [5.74, 6) is -0.213. The van der Waals surface area contributed by atoms with Crippen LogP contribution in [0.3, 0.4) is 0 Å². The SMILES string of the molecule is O=C(O)c1ccc2c(c1)N(Cc1cncs1)CC1(CCCc3cc(Cl)ccc31)CO2. The van der Waals surface area contributed by atoms with Crippen LogP contribution in [0.5, 0.6) is 5.75 Å². The summed E-state index contributed by atoms with van der Waals surface area (Å²) in [5.41, 5.74) is 5.31. The summed E-state index contributed by atoms with van der Waals surface area (Å²) in [6.45, 7) is 1.96. The molecule has 1 aliphatic carbocycles. The van der Waals surface area contributed by atoms with Gasteiger partial charge in [0.2, 0.25) is 0 Å². The van der Waals surface area contributed by atoms with Gasteiger partial charge in [-0.05, 0) is 60.7 Å². The second-order valence-corrected chi connectivity index (χ2v) is 9.44. The molecule has 5 rings (SSSR count). The number of benzene rings is 2. The number of aryl methyl sites for hydroxylation is 1. The molecule has 1 spiro atoms. The van der Waals surface area contributed by atoms with Gasteiger partial charge in [-0.1, -0.05) is 17.7 Å². The van der Waals surface area contributed by atoms with Crippen LogP contribution in [0.4, 0.5) is 5.69 Å². The molecule has 2 aliphatic rings. The standard InChI is InChI=1S/C23H21ClN2O3S/c24-17-4-5-19-15(8-17)2-1-7-23(19)12-26(11-18-10-25-14-30-18)20-9-16(22(27)28)3-6-21(20)29-13-23/h3-6,8-10,14H,1-2,7,11-13H2,(H,27,28). The van der Waals surface area contributed by atoms with Gasteiger partial charge in [-0.25, -0.2) is 4.79 Å². The molecule has 0 bridgehead atoms. The molecule has 7 heteroatoms. The Morgan fingerprint density at radius 2 is 2.20 bits per heavy atom. The Balaban J connectivity index is 1.61. The Kier molecular flexibility index (Phi) is 4.91. The van der Waals surface area contributed by atoms with Crippen molar-refractivity contribution in [3.63, 3.8) is 0 Å². The number of carbonyl (C=O) groups is 1. The van der Waals surface area contributed by atoms with Gasteiger partial charge in [0, 0.05) is 28.1 Å². The minimum Gasteiger partial charge on any atom is -0.490 e. The van der Waals surface area contributed by atoms with Crippen LogP contribution in [0.25, 0.3) is 0 Å². The van der Waals surface area contributed by atoms with E-state index in [-0.39, 0.29) is 11.0 Å². The molecule has 1 aliphatic heterocycles. The summed E-state index contributed by atoms with van der Waals surface area (Å²) in [6, 6.07) is 11.3. The number of hydrogen-bond acceptors (Lipinski definition) is 5. The monoisotopic (exact) mass is 440 g/mol. The van der Waals surface area contributed by atoms with Gasteiger partial charge < -0.3 is 14.7 Å². The maximum Gasteiger partial charge on any atom is 0.335 e. The summed E-state index contributed by atoms with van der Waals surface area (Å²) in [5, 5.41) is 10.3. The molecule has 0 saturated carbocycles. The van der Waals surface area contributed by atoms with E-state index >= 15 is 0 Å². The van der Waals surface area contributed by atoms with Crippen molar-refractivity contribution in [3.05, 3.63) is 74.7 Å². The van der Waals surface area contributed by atoms with Crippen molar-refractivity contribution in [2.45, 2.75) is 31.2 Å². The number of rotatable bonds is 3. The van der Waals surface area contributed by atoms with Crippen LogP contribution in [0, 0.1) is 0 Å². The van der Waals surface area contributed by atoms with E-state index in [4.69, 9.17) is 16.3 Å². The molecule has 1 unspecified atom stereocenters. The first kappa shape index (κ1) is 19.4. The van der Waals surface area contributed by atoms with Crippen molar-refractivity contribution in [1.82, 2.24) is 4.98 Å². The predicted molar refractivity (Wildman–Crippen MR) is 118 cm³/mol. The van der Waals surface area contributed by atoms with Crippen LogP contribution >= 0.6 is 22.9 Å². The van der Waals surface area contributed by atoms with Crippen LogP contribution in [0.2, 0.25) is 5.02 Å². The maximum atomic E-state index is 11.6. The number of thiazole rings is 1. The van der Waals surface area contributed by atoms with Gasteiger partial charge in [0.25, 0.3) is 0 Å². The zero-order chi connectivity index (χ0) is 20.7. The lowest BCUT2D eigenvalue weighted by Gasteiger charge is -2.40. The molecule has 0 radical (unpaired) electrons. The molecule has 2 heterocycles. The first-order valence-electron chi connectivity index (χ1n) is 9.95. The molecule has 0 fully saturated rings. The Labute approximate surface area is 183 Å². The van der Waals surface area contributed by atoms with Gasteiger partial charge in [-0.15, -0.1) is 11.3 Å². The van der Waals surface area contributed by atoms with E-state index in [1.165, 1.54) is 11.1 Å². The Bertz CT molecular complexity index is 1100. The first-order chi connectivity index (χ1) is 14.5. The predicted octanol–water partition coefficient (Wildman–Crippen LogP) is 5.17. The third-order valence-electron chi connectivity index (χ3n) is 6.11. The van der Waals surface area contributed by atoms with E-state index < -0.39 is 5.97 Å². The summed E-state index contributed by atoms with van der Waals surface area (Å²) >= 11 is 7.88. The Hall–Kier alpha value is -2.57. The molecule has 0 saturated heterocycles. The number of nitrogens with zero attached hydrogens (tertiary/aromatic N) is 2. The number of aromatic nitrogens is 1. The van der Waals surface area contributed by atoms with E-state index in [9.17, 15) is 9.90 Å². The number of fused-ring (bicyclic) bond motifs is 3. The maximum absolute atomic E-state index is 11.6. The molecule has 1 N–H and O–H groups in total. The second-order valence-electron chi connectivity index (χ2n) is 8.04. The van der Waals surface area contributed by atoms with Crippen molar-refractivity contribution < 1.29 is 14.6 Å². The van der Waals surface area contributed by atoms with Crippen molar-refractivity contribution in [1.29, 1.82) is 0 Å². The zero-order valence-electron chi connectivity index (χ0n) is 16.3. The molecular formula is C23H21ClN2O3S. The van der Waals surface area contributed by atoms with Crippen molar-refractivity contribution in [2.24, 2.45) is 0 Å². The molecule has 0 amide bonds. The molecular weight excluding hydrogens is 420 g/mol. The largest absolute Gasteiger partial charge is 0.490 e. The Morgan fingerprint density at radius 1 is 1.30 bits per heavy atom. The highest BCUT2D eigenvalue weighted by molar-refractivity contribution is 7.09. The quantitative estimate of drug-likeness (QED) is 0.608. The van der Waals surface area contributed by atoms with Crippen molar-refractivity contribution in [3.8, 4) is 5.75 Å². The topological polar surface area (TPSA) is 62.7 Å². The molecule has 154 valence electrons. The van der Waals surface area contributed by atoms with Gasteiger partial charge in [-0.3, -0.25) is 4.98 Å². The summed E-state index contributed by atoms with van der Waals surface area (Å²) in [4.78, 5) is 19.2. The van der Waals surface area contributed by atoms with E-state index in [1.54, 1.807) is 29.5 Å². The van der Waals surface area contributed by atoms with Crippen LogP contribution in [-0.4, -0.2) is 29.2 Å². The lowest BCUT2D eigenvalue weighted by molar-refractivity contribution is 0.0697. The minimum absolute atomic E-state index is 0.175. The van der Waals surface area contributed by atoms with Crippen molar-refractivity contribution in [2.75, 3.05) is 18.1 Å². The van der Waals surface area contributed by atoms with Crippen molar-refractivity contribution >= 4 is 34.6 Å². The normalized spacial score (nSPS) is 20.2. The van der Waals surface area contributed by atoms with E-state index in [1.807, 2.05) is 17.8 Å². The van der Waals surface area contributed by atoms with Gasteiger partial charge in [0.05, 0.1) is 29.9 Å². The average Bonchev–Trinajstić information content (AvgIpc) is 3.19. The molecule has 30 heavy (non-hydrogen) atoms. The number of anilines is 1. The number of carboxylic acids is 1. The lowest BCUT2D eigenvalue weighted by Crippen LogP contribution is -2.45. The summed E-state index contributed by atoms with van der Waals surface area (Å²) in [7, 11) is 0. The second kappa shape index (κ2) is 7.60. The minimum atomic E-state index is -0.938. The molecule has 1 aromatic heterocycles. The van der Waals surface area contributed by atoms with E-state index in [0.29, 0.717) is 13.2 Å². The first-order valence-corrected chi connectivity index (χ1v) is 11.2. The summed E-state index contributed by atoms with van der Waals surface area (Å²) < 4.78 is 6.33. The number of hydrogen-bond donors (Lipinski definition) is 1. The highest BCUT2D eigenvalue weighted by Crippen LogP contribution is 2.45. The molecule has 2 aromatic carbocycles. The fraction of sp³-hybridized carbons (Fsp3) is 0.304. The van der Waals surface area contributed by atoms with Crippen LogP contribution in [0.15, 0.2) is 48.1 Å². The molecule has 5 nitrogen and oxygen atoms in total. The number of aromatic carboxylic acids is 1. The number of ether oxygens (including phenoxy) is 1. The smallest absolute Gasteiger partial charge is 0.335 e. The average molecular weight is 441 g/mol. The van der Waals surface area contributed by atoms with Gasteiger partial charge in [0.15, 0.2) is 0 Å².